The zero-order chi connectivity index (χ0) is 18.2. The average molecular weight is 346 g/mol. The fourth-order valence-electron chi connectivity index (χ4n) is 3.90. The third kappa shape index (κ3) is 2.46. The van der Waals surface area contributed by atoms with Crippen LogP contribution in [0, 0.1) is 0 Å². The number of hydrogen-bond acceptors (Lipinski definition) is 0. The highest BCUT2D eigenvalue weighted by Gasteiger charge is 2.19. The van der Waals surface area contributed by atoms with Gasteiger partial charge >= 0.3 is 0 Å². The van der Waals surface area contributed by atoms with Gasteiger partial charge in [0.05, 0.1) is 0 Å². The Morgan fingerprint density at radius 3 is 1.67 bits per heavy atom. The van der Waals surface area contributed by atoms with Crippen LogP contribution in [0.2, 0.25) is 0 Å². The molecule has 0 radical (unpaired) electrons. The molecule has 1 aliphatic rings. The summed E-state index contributed by atoms with van der Waals surface area (Å²) in [6, 6.07) is 26.8. The Labute approximate surface area is 156 Å². The molecule has 1 aliphatic carbocycles. The maximum Gasteiger partial charge on any atom is 0.181 e. The number of benzene rings is 4. The zero-order valence-corrected chi connectivity index (χ0v) is 14.5. The Kier molecular flexibility index (Phi) is 3.62. The predicted octanol–water partition coefficient (Wildman–Crippen LogP) is 7.22. The lowest BCUT2D eigenvalue weighted by Gasteiger charge is -2.18. The van der Waals surface area contributed by atoms with Crippen molar-refractivity contribution in [1.82, 2.24) is 0 Å². The summed E-state index contributed by atoms with van der Waals surface area (Å²) in [4.78, 5) is 0. The molecular weight excluding hydrogens is 331 g/mol. The Morgan fingerprint density at radius 2 is 1.11 bits per heavy atom. The molecule has 0 aliphatic heterocycles. The lowest BCUT2D eigenvalue weighted by atomic mass is 9.85. The first-order valence-electron chi connectivity index (χ1n) is 8.92. The van der Waals surface area contributed by atoms with Crippen molar-refractivity contribution in [3.8, 4) is 11.1 Å². The van der Waals surface area contributed by atoms with Gasteiger partial charge in [0.2, 0.25) is 0 Å². The SMILES string of the molecule is FC1=C=C=CC=C1c1c2ccccc2c(-c2ccccc2)c2ccccc12. The molecular formula is C26H15F. The van der Waals surface area contributed by atoms with Crippen LogP contribution in [0.4, 0.5) is 4.39 Å². The average Bonchev–Trinajstić information content (AvgIpc) is 2.73. The van der Waals surface area contributed by atoms with E-state index in [0.29, 0.717) is 5.57 Å². The molecule has 5 rings (SSSR count). The van der Waals surface area contributed by atoms with Crippen LogP contribution in [0.25, 0.3) is 38.2 Å². The van der Waals surface area contributed by atoms with Crippen LogP contribution >= 0.6 is 0 Å². The van der Waals surface area contributed by atoms with Crippen LogP contribution in [0.15, 0.2) is 108 Å². The molecule has 0 unspecified atom stereocenters. The number of rotatable bonds is 2. The lowest BCUT2D eigenvalue weighted by Crippen LogP contribution is -1.94. The Bertz CT molecular complexity index is 1270. The molecule has 0 fully saturated rings. The van der Waals surface area contributed by atoms with E-state index in [1.165, 1.54) is 5.56 Å². The van der Waals surface area contributed by atoms with E-state index in [0.717, 1.165) is 32.7 Å². The Balaban J connectivity index is 2.00. The minimum absolute atomic E-state index is 0.375. The van der Waals surface area contributed by atoms with Gasteiger partial charge in [-0.05, 0) is 50.6 Å². The molecule has 0 saturated carbocycles. The van der Waals surface area contributed by atoms with Crippen molar-refractivity contribution in [2.45, 2.75) is 0 Å². The molecule has 4 aromatic rings. The largest absolute Gasteiger partial charge is 0.196 e. The minimum Gasteiger partial charge on any atom is -0.196 e. The molecule has 0 nitrogen and oxygen atoms in total. The second-order valence-electron chi connectivity index (χ2n) is 6.54. The first-order chi connectivity index (χ1) is 13.3. The summed E-state index contributed by atoms with van der Waals surface area (Å²) in [5.41, 5.74) is 9.08. The van der Waals surface area contributed by atoms with Crippen molar-refractivity contribution >= 4 is 27.1 Å². The summed E-state index contributed by atoms with van der Waals surface area (Å²) in [6.45, 7) is 0. The van der Waals surface area contributed by atoms with E-state index in [2.05, 4.69) is 60.0 Å². The van der Waals surface area contributed by atoms with Crippen LogP contribution in [-0.2, 0) is 0 Å². The standard InChI is InChI=1S/C26H15F/c27-24-17-9-8-16-23(24)26-21-14-6-4-12-19(21)25(18-10-2-1-3-11-18)20-13-5-7-15-22(20)26/h1-8,10-16H. The summed E-state index contributed by atoms with van der Waals surface area (Å²) in [7, 11) is 0. The Hall–Kier alpha value is -3.63. The molecule has 126 valence electrons. The molecule has 0 atom stereocenters. The fourth-order valence-corrected chi connectivity index (χ4v) is 3.90. The van der Waals surface area contributed by atoms with Gasteiger partial charge in [-0.2, -0.15) is 4.39 Å². The monoisotopic (exact) mass is 346 g/mol. The zero-order valence-electron chi connectivity index (χ0n) is 14.5. The molecule has 0 aromatic heterocycles. The highest BCUT2D eigenvalue weighted by molar-refractivity contribution is 6.19. The van der Waals surface area contributed by atoms with Crippen LogP contribution in [0.3, 0.4) is 0 Å². The third-order valence-corrected chi connectivity index (χ3v) is 5.01. The molecule has 0 bridgehead atoms. The molecule has 0 heterocycles. The van der Waals surface area contributed by atoms with E-state index >= 15 is 0 Å². The van der Waals surface area contributed by atoms with Crippen molar-refractivity contribution in [1.29, 1.82) is 0 Å². The summed E-state index contributed by atoms with van der Waals surface area (Å²) in [6.07, 6.45) is 3.50. The van der Waals surface area contributed by atoms with Crippen molar-refractivity contribution in [3.63, 3.8) is 0 Å². The van der Waals surface area contributed by atoms with E-state index in [1.807, 2.05) is 30.3 Å². The van der Waals surface area contributed by atoms with Gasteiger partial charge in [-0.25, -0.2) is 0 Å². The van der Waals surface area contributed by atoms with E-state index in [1.54, 1.807) is 12.2 Å². The third-order valence-electron chi connectivity index (χ3n) is 5.01. The van der Waals surface area contributed by atoms with Gasteiger partial charge in [0, 0.05) is 11.1 Å². The van der Waals surface area contributed by atoms with E-state index in [9.17, 15) is 4.39 Å². The smallest absolute Gasteiger partial charge is 0.181 e. The van der Waals surface area contributed by atoms with Gasteiger partial charge in [-0.15, -0.1) is 0 Å². The molecule has 27 heavy (non-hydrogen) atoms. The van der Waals surface area contributed by atoms with E-state index in [4.69, 9.17) is 0 Å². The summed E-state index contributed by atoms with van der Waals surface area (Å²) in [5.74, 6) is -0.375. The number of fused-ring (bicyclic) bond motifs is 2. The van der Waals surface area contributed by atoms with Gasteiger partial charge in [-0.1, -0.05) is 84.6 Å². The predicted molar refractivity (Wildman–Crippen MR) is 111 cm³/mol. The van der Waals surface area contributed by atoms with E-state index < -0.39 is 0 Å². The second kappa shape index (κ2) is 6.27. The van der Waals surface area contributed by atoms with Gasteiger partial charge in [-0.3, -0.25) is 0 Å². The number of allylic oxidation sites excluding steroid dienone is 4. The van der Waals surface area contributed by atoms with Gasteiger partial charge in [0.25, 0.3) is 0 Å². The topological polar surface area (TPSA) is 0 Å². The maximum absolute atomic E-state index is 14.7. The summed E-state index contributed by atoms with van der Waals surface area (Å²) in [5, 5.41) is 4.30. The fraction of sp³-hybridized carbons (Fsp3) is 0. The molecule has 0 amide bonds. The summed E-state index contributed by atoms with van der Waals surface area (Å²) < 4.78 is 14.7. The van der Waals surface area contributed by atoms with Crippen LogP contribution in [0.1, 0.15) is 5.56 Å². The van der Waals surface area contributed by atoms with Crippen LogP contribution in [-0.4, -0.2) is 0 Å². The van der Waals surface area contributed by atoms with E-state index in [-0.39, 0.29) is 5.83 Å². The highest BCUT2D eigenvalue weighted by Crippen LogP contribution is 2.43. The number of halogens is 1. The first-order valence-corrected chi connectivity index (χ1v) is 8.92. The van der Waals surface area contributed by atoms with Crippen LogP contribution < -0.4 is 0 Å². The Morgan fingerprint density at radius 1 is 0.593 bits per heavy atom. The van der Waals surface area contributed by atoms with Crippen molar-refractivity contribution < 1.29 is 4.39 Å². The molecule has 4 aromatic carbocycles. The van der Waals surface area contributed by atoms with Gasteiger partial charge in [0.15, 0.2) is 5.83 Å². The second-order valence-corrected chi connectivity index (χ2v) is 6.54. The molecule has 0 N–H and O–H groups in total. The van der Waals surface area contributed by atoms with Crippen molar-refractivity contribution in [3.05, 3.63) is 114 Å². The number of hydrogen-bond donors (Lipinski definition) is 0. The maximum atomic E-state index is 14.7. The quantitative estimate of drug-likeness (QED) is 0.265. The normalized spacial score (nSPS) is 13.1. The lowest BCUT2D eigenvalue weighted by molar-refractivity contribution is 0.676. The highest BCUT2D eigenvalue weighted by atomic mass is 19.1. The molecule has 1 heteroatoms. The first kappa shape index (κ1) is 15.6. The van der Waals surface area contributed by atoms with Crippen molar-refractivity contribution in [2.75, 3.05) is 0 Å². The van der Waals surface area contributed by atoms with Gasteiger partial charge < -0.3 is 0 Å². The summed E-state index contributed by atoms with van der Waals surface area (Å²) >= 11 is 0. The van der Waals surface area contributed by atoms with Crippen LogP contribution in [0.5, 0.6) is 0 Å². The minimum atomic E-state index is -0.375. The molecule has 0 saturated heterocycles. The molecule has 0 spiro atoms. The van der Waals surface area contributed by atoms with Gasteiger partial charge in [0.1, 0.15) is 0 Å². The van der Waals surface area contributed by atoms with Crippen molar-refractivity contribution in [2.24, 2.45) is 0 Å².